The minimum absolute atomic E-state index is 0.0820. The molecule has 0 bridgehead atoms. The highest BCUT2D eigenvalue weighted by Crippen LogP contribution is 2.45. The van der Waals surface area contributed by atoms with E-state index in [2.05, 4.69) is 76.3 Å². The van der Waals surface area contributed by atoms with Crippen molar-refractivity contribution in [2.75, 3.05) is 39.6 Å². The zero-order chi connectivity index (χ0) is 70.4. The summed E-state index contributed by atoms with van der Waals surface area (Å²) in [5.41, 5.74) is 0. The summed E-state index contributed by atoms with van der Waals surface area (Å²) in [4.78, 5) is 72.8. The van der Waals surface area contributed by atoms with Gasteiger partial charge in [-0.1, -0.05) is 275 Å². The first-order valence-electron chi connectivity index (χ1n) is 38.9. The minimum atomic E-state index is -4.97. The Morgan fingerprint density at radius 1 is 0.292 bits per heavy atom. The van der Waals surface area contributed by atoms with Gasteiger partial charge in [-0.2, -0.15) is 0 Å². The molecule has 0 aromatic heterocycles. The average Bonchev–Trinajstić information content (AvgIpc) is 1.19. The molecule has 5 atom stereocenters. The molecule has 96 heavy (non-hydrogen) atoms. The van der Waals surface area contributed by atoms with Crippen LogP contribution in [0.3, 0.4) is 0 Å². The Balaban J connectivity index is 5.33. The molecule has 0 aromatic carbocycles. The van der Waals surface area contributed by atoms with E-state index in [1.165, 1.54) is 135 Å². The number of unbranched alkanes of at least 4 members (excludes halogenated alkanes) is 40. The molecule has 0 saturated carbocycles. The SMILES string of the molecule is CCCCC/C=C\C/C=C\CCCCCCCC(=O)O[C@H](COC(=O)CCCCCCC/C=C\CCCCCC)COP(=O)(O)OC[C@@H](O)COP(=O)(O)OC[C@@H](COC(=O)CCCCCCC/C=C\CCCCCC)OC(=O)CCCCCCCCCCCCCCCCC. The van der Waals surface area contributed by atoms with Crippen LogP contribution in [-0.2, 0) is 65.4 Å². The Hall–Kier alpha value is -2.98. The van der Waals surface area contributed by atoms with Gasteiger partial charge in [-0.3, -0.25) is 37.3 Å². The molecule has 0 amide bonds. The molecular weight excluding hydrogens is 1260 g/mol. The zero-order valence-corrected chi connectivity index (χ0v) is 63.1. The molecule has 17 nitrogen and oxygen atoms in total. The van der Waals surface area contributed by atoms with Crippen LogP contribution >= 0.6 is 15.6 Å². The molecule has 19 heteroatoms. The number of ether oxygens (including phenoxy) is 4. The van der Waals surface area contributed by atoms with E-state index in [0.717, 1.165) is 148 Å². The number of esters is 4. The van der Waals surface area contributed by atoms with Crippen molar-refractivity contribution in [3.8, 4) is 0 Å². The predicted octanol–water partition coefficient (Wildman–Crippen LogP) is 22.1. The fourth-order valence-electron chi connectivity index (χ4n) is 10.8. The van der Waals surface area contributed by atoms with Crippen LogP contribution in [0.15, 0.2) is 48.6 Å². The standard InChI is InChI=1S/C77H142O17P2/c1-5-9-13-17-21-25-29-33-35-39-43-47-51-55-59-63-76(81)93-72(67-87-74(79)61-57-53-49-45-41-37-31-27-23-19-15-11-7-3)69-91-95(83,84)89-65-71(78)66-90-96(85,86)92-70-73(68-88-75(80)62-58-54-50-46-42-38-32-28-24-20-16-12-8-4)94-77(82)64-60-56-52-48-44-40-36-34-30-26-22-18-14-10-6-2/h21,25,27-28,31-33,35,71-73,78H,5-20,22-24,26,29-30,34,36-70H2,1-4H3,(H,83,84)(H,85,86)/b25-21-,31-27-,32-28-,35-33-/t71-,72-,73-/m1/s1. The van der Waals surface area contributed by atoms with Crippen molar-refractivity contribution in [1.29, 1.82) is 0 Å². The van der Waals surface area contributed by atoms with Gasteiger partial charge in [-0.25, -0.2) is 9.13 Å². The fourth-order valence-corrected chi connectivity index (χ4v) is 12.3. The lowest BCUT2D eigenvalue weighted by molar-refractivity contribution is -0.161. The summed E-state index contributed by atoms with van der Waals surface area (Å²) < 4.78 is 68.5. The second kappa shape index (κ2) is 70.5. The number of allylic oxidation sites excluding steroid dienone is 8. The third-order valence-electron chi connectivity index (χ3n) is 16.8. The summed E-state index contributed by atoms with van der Waals surface area (Å²) in [6.07, 6.45) is 66.6. The number of carbonyl (C=O) groups excluding carboxylic acids is 4. The van der Waals surface area contributed by atoms with Gasteiger partial charge in [0.05, 0.1) is 26.4 Å². The van der Waals surface area contributed by atoms with Gasteiger partial charge < -0.3 is 33.8 Å². The number of carbonyl (C=O) groups is 4. The highest BCUT2D eigenvalue weighted by molar-refractivity contribution is 7.47. The molecule has 0 saturated heterocycles. The zero-order valence-electron chi connectivity index (χ0n) is 61.3. The van der Waals surface area contributed by atoms with Crippen LogP contribution in [0.4, 0.5) is 0 Å². The molecule has 0 aliphatic rings. The van der Waals surface area contributed by atoms with Crippen LogP contribution in [0.2, 0.25) is 0 Å². The number of phosphoric ester groups is 2. The summed E-state index contributed by atoms with van der Waals surface area (Å²) in [6.45, 7) is 4.85. The van der Waals surface area contributed by atoms with Gasteiger partial charge in [0.1, 0.15) is 19.3 Å². The Morgan fingerprint density at radius 3 is 0.812 bits per heavy atom. The van der Waals surface area contributed by atoms with Crippen LogP contribution in [0, 0.1) is 0 Å². The van der Waals surface area contributed by atoms with E-state index in [9.17, 15) is 43.2 Å². The van der Waals surface area contributed by atoms with Gasteiger partial charge in [0, 0.05) is 25.7 Å². The number of aliphatic hydroxyl groups is 1. The van der Waals surface area contributed by atoms with Crippen molar-refractivity contribution >= 4 is 39.5 Å². The molecule has 0 spiro atoms. The maximum absolute atomic E-state index is 13.1. The second-order valence-corrected chi connectivity index (χ2v) is 29.2. The largest absolute Gasteiger partial charge is 0.472 e. The quantitative estimate of drug-likeness (QED) is 0.0169. The van der Waals surface area contributed by atoms with Crippen molar-refractivity contribution in [1.82, 2.24) is 0 Å². The summed E-state index contributed by atoms with van der Waals surface area (Å²) >= 11 is 0. The van der Waals surface area contributed by atoms with Crippen molar-refractivity contribution in [3.63, 3.8) is 0 Å². The molecule has 562 valence electrons. The second-order valence-electron chi connectivity index (χ2n) is 26.3. The Bertz CT molecular complexity index is 2010. The molecule has 3 N–H and O–H groups in total. The smallest absolute Gasteiger partial charge is 0.462 e. The summed E-state index contributed by atoms with van der Waals surface area (Å²) in [5, 5.41) is 10.6. The predicted molar refractivity (Wildman–Crippen MR) is 390 cm³/mol. The van der Waals surface area contributed by atoms with Crippen molar-refractivity contribution in [2.45, 2.75) is 380 Å². The molecule has 0 aliphatic heterocycles. The number of aliphatic hydroxyl groups excluding tert-OH is 1. The van der Waals surface area contributed by atoms with Gasteiger partial charge in [0.15, 0.2) is 12.2 Å². The molecule has 0 aromatic rings. The lowest BCUT2D eigenvalue weighted by atomic mass is 10.0. The Kier molecular flexibility index (Phi) is 68.3. The van der Waals surface area contributed by atoms with Gasteiger partial charge in [-0.15, -0.1) is 0 Å². The van der Waals surface area contributed by atoms with E-state index >= 15 is 0 Å². The normalized spacial score (nSPS) is 14.2. The summed E-state index contributed by atoms with van der Waals surface area (Å²) in [5.74, 6) is -2.17. The molecule has 0 radical (unpaired) electrons. The van der Waals surface area contributed by atoms with Gasteiger partial charge in [0.25, 0.3) is 0 Å². The maximum Gasteiger partial charge on any atom is 0.472 e. The van der Waals surface area contributed by atoms with Crippen LogP contribution < -0.4 is 0 Å². The first-order valence-corrected chi connectivity index (χ1v) is 41.9. The van der Waals surface area contributed by atoms with Crippen molar-refractivity contribution in [2.24, 2.45) is 0 Å². The maximum atomic E-state index is 13.1. The van der Waals surface area contributed by atoms with Crippen LogP contribution in [0.5, 0.6) is 0 Å². The van der Waals surface area contributed by atoms with Gasteiger partial charge >= 0.3 is 39.5 Å². The highest BCUT2D eigenvalue weighted by atomic mass is 31.2. The molecule has 0 fully saturated rings. The molecular formula is C77H142O17P2. The summed E-state index contributed by atoms with van der Waals surface area (Å²) in [7, 11) is -9.94. The average molecular weight is 1400 g/mol. The molecule has 0 heterocycles. The first kappa shape index (κ1) is 93.0. The van der Waals surface area contributed by atoms with Gasteiger partial charge in [0.2, 0.25) is 0 Å². The number of phosphoric acid groups is 2. The molecule has 2 unspecified atom stereocenters. The van der Waals surface area contributed by atoms with E-state index in [1.54, 1.807) is 0 Å². The minimum Gasteiger partial charge on any atom is -0.462 e. The van der Waals surface area contributed by atoms with Gasteiger partial charge in [-0.05, 0) is 109 Å². The fraction of sp³-hybridized carbons (Fsp3) is 0.844. The van der Waals surface area contributed by atoms with Crippen LogP contribution in [-0.4, -0.2) is 96.7 Å². The summed E-state index contributed by atoms with van der Waals surface area (Å²) in [6, 6.07) is 0. The topological polar surface area (TPSA) is 237 Å². The molecule has 0 aliphatic carbocycles. The number of hydrogen-bond donors (Lipinski definition) is 3. The van der Waals surface area contributed by atoms with Crippen LogP contribution in [0.25, 0.3) is 0 Å². The lowest BCUT2D eigenvalue weighted by Gasteiger charge is -2.21. The van der Waals surface area contributed by atoms with E-state index in [1.807, 2.05) is 0 Å². The van der Waals surface area contributed by atoms with E-state index in [0.29, 0.717) is 25.7 Å². The van der Waals surface area contributed by atoms with Crippen LogP contribution in [0.1, 0.15) is 362 Å². The number of rotatable bonds is 74. The Labute approximate surface area is 585 Å². The third kappa shape index (κ3) is 69.5. The molecule has 0 rings (SSSR count). The van der Waals surface area contributed by atoms with E-state index in [4.69, 9.17) is 37.0 Å². The van der Waals surface area contributed by atoms with E-state index < -0.39 is 97.5 Å². The third-order valence-corrected chi connectivity index (χ3v) is 18.7. The monoisotopic (exact) mass is 1400 g/mol. The highest BCUT2D eigenvalue weighted by Gasteiger charge is 2.30. The van der Waals surface area contributed by atoms with Crippen molar-refractivity contribution < 1.29 is 80.2 Å². The van der Waals surface area contributed by atoms with Crippen molar-refractivity contribution in [3.05, 3.63) is 48.6 Å². The Morgan fingerprint density at radius 2 is 0.510 bits per heavy atom. The lowest BCUT2D eigenvalue weighted by Crippen LogP contribution is -2.30. The van der Waals surface area contributed by atoms with E-state index in [-0.39, 0.29) is 25.7 Å². The number of hydrogen-bond acceptors (Lipinski definition) is 15. The first-order chi connectivity index (χ1) is 46.7.